The first kappa shape index (κ1) is 12.1. The lowest BCUT2D eigenvalue weighted by atomic mass is 9.92. The Balaban J connectivity index is 1.93. The lowest BCUT2D eigenvalue weighted by molar-refractivity contribution is 0.281. The van der Waals surface area contributed by atoms with Gasteiger partial charge in [-0.05, 0) is 41.8 Å². The number of tetrazole rings is 1. The molecule has 1 fully saturated rings. The number of aliphatic hydroxyl groups excluding tert-OH is 1. The molecule has 0 atom stereocenters. The molecule has 1 aromatic carbocycles. The van der Waals surface area contributed by atoms with Gasteiger partial charge in [-0.1, -0.05) is 23.3 Å². The summed E-state index contributed by atoms with van der Waals surface area (Å²) in [6.07, 6.45) is 3.52. The largest absolute Gasteiger partial charge is 0.395 e. The number of benzene rings is 1. The number of aromatic nitrogens is 4. The van der Waals surface area contributed by atoms with Crippen LogP contribution in [0.1, 0.15) is 19.3 Å². The Labute approximate surface area is 111 Å². The number of anilines is 1. The molecule has 0 bridgehead atoms. The summed E-state index contributed by atoms with van der Waals surface area (Å²) in [7, 11) is 0. The van der Waals surface area contributed by atoms with E-state index in [1.165, 1.54) is 6.42 Å². The smallest absolute Gasteiger partial charge is 0.250 e. The summed E-state index contributed by atoms with van der Waals surface area (Å²) >= 11 is 0. The van der Waals surface area contributed by atoms with Crippen LogP contribution >= 0.6 is 0 Å². The van der Waals surface area contributed by atoms with E-state index in [2.05, 4.69) is 20.4 Å². The fourth-order valence-electron chi connectivity index (χ4n) is 2.35. The van der Waals surface area contributed by atoms with Crippen LogP contribution in [0, 0.1) is 0 Å². The summed E-state index contributed by atoms with van der Waals surface area (Å²) in [6.45, 7) is 0.677. The van der Waals surface area contributed by atoms with E-state index in [9.17, 15) is 5.11 Å². The van der Waals surface area contributed by atoms with Gasteiger partial charge in [0.05, 0.1) is 12.3 Å². The van der Waals surface area contributed by atoms with E-state index in [1.54, 1.807) is 4.68 Å². The first-order valence-corrected chi connectivity index (χ1v) is 6.61. The summed E-state index contributed by atoms with van der Waals surface area (Å²) in [5, 5.41) is 21.2. The molecule has 0 saturated heterocycles. The van der Waals surface area contributed by atoms with E-state index >= 15 is 0 Å². The normalized spacial score (nSPS) is 15.2. The van der Waals surface area contributed by atoms with E-state index in [0.717, 1.165) is 18.5 Å². The molecule has 2 aromatic rings. The van der Waals surface area contributed by atoms with Crippen LogP contribution < -0.4 is 4.90 Å². The molecule has 6 nitrogen and oxygen atoms in total. The third-order valence-corrected chi connectivity index (χ3v) is 3.57. The molecule has 1 aliphatic rings. The van der Waals surface area contributed by atoms with Crippen LogP contribution in [0.2, 0.25) is 0 Å². The van der Waals surface area contributed by atoms with Gasteiger partial charge in [-0.25, -0.2) is 0 Å². The molecule has 0 radical (unpaired) electrons. The molecule has 3 rings (SSSR count). The number of aliphatic hydroxyl groups is 1. The molecule has 1 N–H and O–H groups in total. The van der Waals surface area contributed by atoms with Gasteiger partial charge in [0.1, 0.15) is 0 Å². The quantitative estimate of drug-likeness (QED) is 0.868. The zero-order valence-electron chi connectivity index (χ0n) is 10.7. The summed E-state index contributed by atoms with van der Waals surface area (Å²) in [6, 6.07) is 10.3. The molecule has 0 amide bonds. The highest BCUT2D eigenvalue weighted by molar-refractivity contribution is 5.41. The van der Waals surface area contributed by atoms with Crippen molar-refractivity contribution in [2.45, 2.75) is 25.3 Å². The zero-order valence-corrected chi connectivity index (χ0v) is 10.7. The summed E-state index contributed by atoms with van der Waals surface area (Å²) < 4.78 is 1.73. The van der Waals surface area contributed by atoms with Gasteiger partial charge in [0.15, 0.2) is 0 Å². The highest BCUT2D eigenvalue weighted by atomic mass is 16.3. The molecule has 6 heteroatoms. The average molecular weight is 259 g/mol. The Morgan fingerprint density at radius 3 is 2.68 bits per heavy atom. The third-order valence-electron chi connectivity index (χ3n) is 3.57. The topological polar surface area (TPSA) is 67.1 Å². The zero-order chi connectivity index (χ0) is 13.1. The Kier molecular flexibility index (Phi) is 3.41. The Bertz CT molecular complexity index is 523. The molecule has 1 saturated carbocycles. The molecule has 1 aliphatic carbocycles. The van der Waals surface area contributed by atoms with E-state index in [-0.39, 0.29) is 6.61 Å². The lowest BCUT2D eigenvalue weighted by Gasteiger charge is -2.37. The van der Waals surface area contributed by atoms with E-state index < -0.39 is 0 Å². The van der Waals surface area contributed by atoms with Crippen molar-refractivity contribution in [1.82, 2.24) is 20.2 Å². The molecule has 19 heavy (non-hydrogen) atoms. The van der Waals surface area contributed by atoms with Crippen LogP contribution in [0.15, 0.2) is 30.3 Å². The molecule has 0 aliphatic heterocycles. The fourth-order valence-corrected chi connectivity index (χ4v) is 2.35. The van der Waals surface area contributed by atoms with E-state index in [0.29, 0.717) is 18.5 Å². The first-order valence-electron chi connectivity index (χ1n) is 6.61. The van der Waals surface area contributed by atoms with E-state index in [1.807, 2.05) is 30.3 Å². The molecule has 0 unspecified atom stereocenters. The van der Waals surface area contributed by atoms with Crippen LogP contribution in [-0.4, -0.2) is 44.5 Å². The Morgan fingerprint density at radius 1 is 1.26 bits per heavy atom. The maximum atomic E-state index is 9.25. The van der Waals surface area contributed by atoms with Gasteiger partial charge in [0.25, 0.3) is 5.95 Å². The summed E-state index contributed by atoms with van der Waals surface area (Å²) in [5.41, 5.74) is 0.935. The SMILES string of the molecule is OCCN(c1nnnn1-c1ccccc1)C1CCC1. The highest BCUT2D eigenvalue weighted by Crippen LogP contribution is 2.28. The minimum Gasteiger partial charge on any atom is -0.395 e. The fraction of sp³-hybridized carbons (Fsp3) is 0.462. The second-order valence-electron chi connectivity index (χ2n) is 4.73. The number of para-hydroxylation sites is 1. The summed E-state index contributed by atoms with van der Waals surface area (Å²) in [5.74, 6) is 0.713. The Morgan fingerprint density at radius 2 is 2.05 bits per heavy atom. The van der Waals surface area contributed by atoms with Crippen LogP contribution in [-0.2, 0) is 0 Å². The van der Waals surface area contributed by atoms with Crippen LogP contribution in [0.4, 0.5) is 5.95 Å². The predicted molar refractivity (Wildman–Crippen MR) is 71.2 cm³/mol. The molecular formula is C13H17N5O. The number of rotatable bonds is 5. The first-order chi connectivity index (χ1) is 9.40. The minimum atomic E-state index is 0.109. The van der Waals surface area contributed by atoms with Crippen LogP contribution in [0.3, 0.4) is 0 Å². The van der Waals surface area contributed by atoms with Gasteiger partial charge < -0.3 is 10.0 Å². The van der Waals surface area contributed by atoms with Gasteiger partial charge >= 0.3 is 0 Å². The monoisotopic (exact) mass is 259 g/mol. The highest BCUT2D eigenvalue weighted by Gasteiger charge is 2.28. The van der Waals surface area contributed by atoms with Gasteiger partial charge in [-0.15, -0.1) is 0 Å². The molecular weight excluding hydrogens is 242 g/mol. The molecule has 0 spiro atoms. The molecule has 1 aromatic heterocycles. The average Bonchev–Trinajstić information content (AvgIpc) is 2.86. The maximum Gasteiger partial charge on any atom is 0.250 e. The van der Waals surface area contributed by atoms with Crippen molar-refractivity contribution < 1.29 is 5.11 Å². The molecule has 1 heterocycles. The van der Waals surface area contributed by atoms with Gasteiger partial charge in [-0.3, -0.25) is 0 Å². The van der Waals surface area contributed by atoms with Crippen molar-refractivity contribution in [3.05, 3.63) is 30.3 Å². The second kappa shape index (κ2) is 5.36. The van der Waals surface area contributed by atoms with Crippen molar-refractivity contribution in [3.8, 4) is 5.69 Å². The van der Waals surface area contributed by atoms with Crippen molar-refractivity contribution >= 4 is 5.95 Å². The van der Waals surface area contributed by atoms with Gasteiger partial charge in [-0.2, -0.15) is 4.68 Å². The lowest BCUT2D eigenvalue weighted by Crippen LogP contribution is -2.43. The summed E-state index contributed by atoms with van der Waals surface area (Å²) in [4.78, 5) is 2.11. The molecule has 100 valence electrons. The maximum absolute atomic E-state index is 9.25. The van der Waals surface area contributed by atoms with Crippen LogP contribution in [0.25, 0.3) is 5.69 Å². The predicted octanol–water partition coefficient (Wildman–Crippen LogP) is 1.01. The van der Waals surface area contributed by atoms with Gasteiger partial charge in [0.2, 0.25) is 0 Å². The standard InChI is InChI=1S/C13H17N5O/c19-10-9-17(11-7-4-8-11)13-14-15-16-18(13)12-5-2-1-3-6-12/h1-3,5-6,11,19H,4,7-10H2. The third kappa shape index (κ3) is 2.31. The van der Waals surface area contributed by atoms with Crippen LogP contribution in [0.5, 0.6) is 0 Å². The van der Waals surface area contributed by atoms with Crippen molar-refractivity contribution in [2.24, 2.45) is 0 Å². The van der Waals surface area contributed by atoms with Crippen molar-refractivity contribution in [3.63, 3.8) is 0 Å². The number of nitrogens with zero attached hydrogens (tertiary/aromatic N) is 5. The number of hydrogen-bond donors (Lipinski definition) is 1. The van der Waals surface area contributed by atoms with Crippen molar-refractivity contribution in [2.75, 3.05) is 18.1 Å². The second-order valence-corrected chi connectivity index (χ2v) is 4.73. The van der Waals surface area contributed by atoms with Gasteiger partial charge in [0, 0.05) is 12.6 Å². The Hall–Kier alpha value is -1.95. The van der Waals surface area contributed by atoms with Crippen molar-refractivity contribution in [1.29, 1.82) is 0 Å². The number of hydrogen-bond acceptors (Lipinski definition) is 5. The minimum absolute atomic E-state index is 0.109. The van der Waals surface area contributed by atoms with E-state index in [4.69, 9.17) is 0 Å².